The molecule has 2 aromatic carbocycles. The van der Waals surface area contributed by atoms with Gasteiger partial charge in [0.2, 0.25) is 5.91 Å². The van der Waals surface area contributed by atoms with Gasteiger partial charge in [-0.2, -0.15) is 0 Å². The summed E-state index contributed by atoms with van der Waals surface area (Å²) >= 11 is 0. The molecule has 35 heavy (non-hydrogen) atoms. The van der Waals surface area contributed by atoms with Crippen molar-refractivity contribution in [3.05, 3.63) is 65.4 Å². The molecular formula is C26H30N2O6S. The van der Waals surface area contributed by atoms with Crippen LogP contribution in [-0.4, -0.2) is 51.9 Å². The summed E-state index contributed by atoms with van der Waals surface area (Å²) in [5.41, 5.74) is 1.85. The van der Waals surface area contributed by atoms with E-state index in [1.165, 1.54) is 4.31 Å². The Morgan fingerprint density at radius 3 is 2.51 bits per heavy atom. The Bertz CT molecular complexity index is 1290. The van der Waals surface area contributed by atoms with Crippen LogP contribution < -0.4 is 9.64 Å². The van der Waals surface area contributed by atoms with Crippen LogP contribution in [0.25, 0.3) is 0 Å². The third kappa shape index (κ3) is 4.29. The number of ether oxygens (including phenoxy) is 2. The first-order valence-electron chi connectivity index (χ1n) is 11.5. The van der Waals surface area contributed by atoms with Gasteiger partial charge in [-0.25, -0.2) is 8.42 Å². The molecule has 2 aliphatic rings. The number of hydrogen-bond donors (Lipinski definition) is 0. The number of benzene rings is 2. The van der Waals surface area contributed by atoms with E-state index in [4.69, 9.17) is 9.47 Å². The lowest BCUT2D eigenvalue weighted by atomic mass is 9.76. The first kappa shape index (κ1) is 24.8. The van der Waals surface area contributed by atoms with Crippen molar-refractivity contribution in [2.24, 2.45) is 0 Å². The predicted molar refractivity (Wildman–Crippen MR) is 132 cm³/mol. The molecule has 0 bridgehead atoms. The van der Waals surface area contributed by atoms with Gasteiger partial charge in [-0.1, -0.05) is 23.8 Å². The minimum absolute atomic E-state index is 0.0394. The second-order valence-corrected chi connectivity index (χ2v) is 10.7. The van der Waals surface area contributed by atoms with Gasteiger partial charge in [0.25, 0.3) is 10.0 Å². The Labute approximate surface area is 206 Å². The molecule has 2 aliphatic heterocycles. The van der Waals surface area contributed by atoms with Crippen molar-refractivity contribution in [2.75, 3.05) is 32.2 Å². The van der Waals surface area contributed by atoms with Crippen LogP contribution in [0.2, 0.25) is 0 Å². The zero-order valence-corrected chi connectivity index (χ0v) is 21.2. The van der Waals surface area contributed by atoms with Crippen molar-refractivity contribution in [1.82, 2.24) is 4.31 Å². The summed E-state index contributed by atoms with van der Waals surface area (Å²) in [5.74, 6) is -0.00635. The Kier molecular flexibility index (Phi) is 6.64. The number of sulfonamides is 1. The Morgan fingerprint density at radius 1 is 1.14 bits per heavy atom. The maximum absolute atomic E-state index is 13.7. The van der Waals surface area contributed by atoms with Crippen molar-refractivity contribution in [3.63, 3.8) is 0 Å². The molecule has 0 aliphatic carbocycles. The van der Waals surface area contributed by atoms with Crippen molar-refractivity contribution in [3.8, 4) is 5.75 Å². The van der Waals surface area contributed by atoms with E-state index in [-0.39, 0.29) is 43.2 Å². The monoisotopic (exact) mass is 498 g/mol. The molecule has 0 fully saturated rings. The quantitative estimate of drug-likeness (QED) is 0.566. The van der Waals surface area contributed by atoms with Crippen molar-refractivity contribution < 1.29 is 27.5 Å². The number of likely N-dealkylation sites (N-methyl/N-ethyl adjacent to an activating group) is 1. The van der Waals surface area contributed by atoms with E-state index in [1.54, 1.807) is 62.4 Å². The van der Waals surface area contributed by atoms with Gasteiger partial charge in [-0.05, 0) is 62.6 Å². The van der Waals surface area contributed by atoms with E-state index in [9.17, 15) is 18.0 Å². The molecule has 4 rings (SSSR count). The smallest absolute Gasteiger partial charge is 0.311 e. The first-order valence-corrected chi connectivity index (χ1v) is 13.0. The normalized spacial score (nSPS) is 19.9. The van der Waals surface area contributed by atoms with Crippen LogP contribution in [0.3, 0.4) is 0 Å². The van der Waals surface area contributed by atoms with Crippen LogP contribution in [0, 0.1) is 6.92 Å². The van der Waals surface area contributed by atoms with Crippen molar-refractivity contribution in [2.45, 2.75) is 43.4 Å². The summed E-state index contributed by atoms with van der Waals surface area (Å²) in [4.78, 5) is 27.7. The van der Waals surface area contributed by atoms with E-state index < -0.39 is 21.4 Å². The second kappa shape index (κ2) is 9.37. The van der Waals surface area contributed by atoms with Gasteiger partial charge in [0.1, 0.15) is 5.75 Å². The molecule has 1 atom stereocenters. The Hall–Kier alpha value is -3.33. The van der Waals surface area contributed by atoms with Gasteiger partial charge in [-0.15, -0.1) is 0 Å². The topological polar surface area (TPSA) is 93.2 Å². The molecule has 0 radical (unpaired) electrons. The molecule has 8 nitrogen and oxygen atoms in total. The summed E-state index contributed by atoms with van der Waals surface area (Å²) in [7, 11) is -0.687. The second-order valence-electron chi connectivity index (χ2n) is 8.85. The minimum Gasteiger partial charge on any atom is -0.497 e. The van der Waals surface area contributed by atoms with Crippen molar-refractivity contribution in [1.29, 1.82) is 0 Å². The SMILES string of the molecule is CCOC(=O)CC1=CCC2(CCN1S(=O)(=O)c1ccc(C)cc1)C(=O)N(C)c1ccc(OC)cc12. The summed E-state index contributed by atoms with van der Waals surface area (Å²) in [6.07, 6.45) is 2.01. The van der Waals surface area contributed by atoms with Gasteiger partial charge >= 0.3 is 5.97 Å². The minimum atomic E-state index is -3.97. The number of carbonyl (C=O) groups is 2. The van der Waals surface area contributed by atoms with E-state index in [0.717, 1.165) is 16.8 Å². The summed E-state index contributed by atoms with van der Waals surface area (Å²) in [6.45, 7) is 3.81. The maximum atomic E-state index is 13.7. The highest BCUT2D eigenvalue weighted by Gasteiger charge is 2.51. The zero-order chi connectivity index (χ0) is 25.4. The van der Waals surface area contributed by atoms with Crippen LogP contribution in [0.1, 0.15) is 37.3 Å². The van der Waals surface area contributed by atoms with E-state index in [1.807, 2.05) is 19.1 Å². The molecule has 1 unspecified atom stereocenters. The van der Waals surface area contributed by atoms with E-state index in [0.29, 0.717) is 11.4 Å². The Balaban J connectivity index is 1.80. The number of methoxy groups -OCH3 is 1. The number of hydrogen-bond acceptors (Lipinski definition) is 6. The van der Waals surface area contributed by atoms with Gasteiger partial charge in [-0.3, -0.25) is 13.9 Å². The number of anilines is 1. The number of aryl methyl sites for hydroxylation is 1. The molecule has 0 saturated heterocycles. The van der Waals surface area contributed by atoms with Crippen molar-refractivity contribution >= 4 is 27.6 Å². The largest absolute Gasteiger partial charge is 0.497 e. The lowest BCUT2D eigenvalue weighted by molar-refractivity contribution is -0.142. The average Bonchev–Trinajstić information content (AvgIpc) is 2.95. The first-order chi connectivity index (χ1) is 16.6. The van der Waals surface area contributed by atoms with Gasteiger partial charge < -0.3 is 14.4 Å². The van der Waals surface area contributed by atoms with E-state index in [2.05, 4.69) is 0 Å². The Morgan fingerprint density at radius 2 is 1.86 bits per heavy atom. The zero-order valence-electron chi connectivity index (χ0n) is 20.4. The average molecular weight is 499 g/mol. The third-order valence-electron chi connectivity index (χ3n) is 6.78. The predicted octanol–water partition coefficient (Wildman–Crippen LogP) is 3.54. The molecule has 0 saturated carbocycles. The number of rotatable bonds is 6. The van der Waals surface area contributed by atoms with Gasteiger partial charge in [0.15, 0.2) is 0 Å². The molecule has 0 N–H and O–H groups in total. The fourth-order valence-electron chi connectivity index (χ4n) is 4.87. The summed E-state index contributed by atoms with van der Waals surface area (Å²) < 4.78 is 39.2. The van der Waals surface area contributed by atoms with Crippen LogP contribution in [0.15, 0.2) is 59.1 Å². The number of nitrogens with zero attached hydrogens (tertiary/aromatic N) is 2. The van der Waals surface area contributed by atoms with Crippen LogP contribution in [0.4, 0.5) is 5.69 Å². The fourth-order valence-corrected chi connectivity index (χ4v) is 6.38. The highest BCUT2D eigenvalue weighted by molar-refractivity contribution is 7.89. The highest BCUT2D eigenvalue weighted by atomic mass is 32.2. The number of amides is 1. The molecule has 1 amide bonds. The molecule has 1 spiro atoms. The number of fused-ring (bicyclic) bond motifs is 2. The lowest BCUT2D eigenvalue weighted by Gasteiger charge is -2.29. The third-order valence-corrected chi connectivity index (χ3v) is 8.65. The molecular weight excluding hydrogens is 468 g/mol. The summed E-state index contributed by atoms with van der Waals surface area (Å²) in [6, 6.07) is 12.1. The fraction of sp³-hybridized carbons (Fsp3) is 0.385. The molecule has 2 heterocycles. The van der Waals surface area contributed by atoms with Crippen LogP contribution >= 0.6 is 0 Å². The molecule has 2 aromatic rings. The standard InChI is InChI=1S/C26H30N2O6S/c1-5-34-24(29)16-19-12-13-26(22-17-20(33-4)8-11-23(22)27(3)25(26)30)14-15-28(19)35(31,32)21-9-6-18(2)7-10-21/h6-12,17H,5,13-16H2,1-4H3. The number of allylic oxidation sites excluding steroid dienone is 1. The van der Waals surface area contributed by atoms with Crippen LogP contribution in [0.5, 0.6) is 5.75 Å². The highest BCUT2D eigenvalue weighted by Crippen LogP contribution is 2.49. The van der Waals surface area contributed by atoms with E-state index >= 15 is 0 Å². The van der Waals surface area contributed by atoms with Crippen LogP contribution in [-0.2, 0) is 29.8 Å². The van der Waals surface area contributed by atoms with Gasteiger partial charge in [0.05, 0.1) is 30.4 Å². The lowest BCUT2D eigenvalue weighted by Crippen LogP contribution is -2.40. The summed E-state index contributed by atoms with van der Waals surface area (Å²) in [5, 5.41) is 0. The molecule has 0 aromatic heterocycles. The molecule has 186 valence electrons. The molecule has 9 heteroatoms. The number of esters is 1. The maximum Gasteiger partial charge on any atom is 0.311 e. The number of carbonyl (C=O) groups excluding carboxylic acids is 2. The van der Waals surface area contributed by atoms with Gasteiger partial charge in [0, 0.05) is 25.0 Å².